The molecule has 0 saturated heterocycles. The third kappa shape index (κ3) is 3.58. The van der Waals surface area contributed by atoms with E-state index in [4.69, 9.17) is 0 Å². The minimum Gasteiger partial charge on any atom is -0.307 e. The van der Waals surface area contributed by atoms with E-state index in [-0.39, 0.29) is 5.69 Å². The number of benzene rings is 2. The Kier molecular flexibility index (Phi) is 4.70. The van der Waals surface area contributed by atoms with Crippen molar-refractivity contribution in [3.63, 3.8) is 0 Å². The van der Waals surface area contributed by atoms with Crippen molar-refractivity contribution in [1.82, 2.24) is 0 Å². The predicted octanol–water partition coefficient (Wildman–Crippen LogP) is 4.76. The van der Waals surface area contributed by atoms with Crippen molar-refractivity contribution in [1.29, 1.82) is 0 Å². The van der Waals surface area contributed by atoms with Crippen LogP contribution in [0.4, 0.5) is 29.3 Å². The Labute approximate surface area is 126 Å². The van der Waals surface area contributed by atoms with E-state index in [0.717, 1.165) is 6.07 Å². The van der Waals surface area contributed by atoms with Crippen molar-refractivity contribution in [3.05, 3.63) is 60.2 Å². The van der Waals surface area contributed by atoms with Gasteiger partial charge in [-0.3, -0.25) is 4.90 Å². The maximum absolute atomic E-state index is 12.9. The van der Waals surface area contributed by atoms with Gasteiger partial charge in [-0.2, -0.15) is 13.2 Å². The first-order valence-electron chi connectivity index (χ1n) is 6.73. The largest absolute Gasteiger partial charge is 0.418 e. The highest BCUT2D eigenvalue weighted by Gasteiger charge is 2.33. The zero-order valence-electron chi connectivity index (χ0n) is 11.9. The molecule has 0 fully saturated rings. The van der Waals surface area contributed by atoms with Gasteiger partial charge in [0.15, 0.2) is 0 Å². The van der Waals surface area contributed by atoms with Crippen molar-refractivity contribution in [2.24, 2.45) is 0 Å². The fourth-order valence-electron chi connectivity index (χ4n) is 2.07. The zero-order chi connectivity index (χ0) is 16.2. The first kappa shape index (κ1) is 15.9. The van der Waals surface area contributed by atoms with Crippen LogP contribution in [0.25, 0.3) is 0 Å². The van der Waals surface area contributed by atoms with Gasteiger partial charge in [0.05, 0.1) is 11.3 Å². The molecule has 0 bridgehead atoms. The van der Waals surface area contributed by atoms with Crippen LogP contribution in [-0.4, -0.2) is 12.6 Å². The molecule has 0 spiro atoms. The van der Waals surface area contributed by atoms with E-state index >= 15 is 0 Å². The van der Waals surface area contributed by atoms with Crippen molar-refractivity contribution in [2.75, 3.05) is 16.8 Å². The molecule has 0 unspecified atom stereocenters. The number of para-hydroxylation sites is 2. The molecule has 6 heteroatoms. The molecule has 2 aromatic rings. The van der Waals surface area contributed by atoms with E-state index in [1.807, 2.05) is 0 Å². The molecule has 3 nitrogen and oxygen atoms in total. The number of carbonyl (C=O) groups is 1. The van der Waals surface area contributed by atoms with Crippen LogP contribution in [0, 0.1) is 0 Å². The van der Waals surface area contributed by atoms with Gasteiger partial charge in [-0.15, -0.1) is 0 Å². The topological polar surface area (TPSA) is 32.3 Å². The molecule has 22 heavy (non-hydrogen) atoms. The van der Waals surface area contributed by atoms with Crippen LogP contribution in [0.5, 0.6) is 0 Å². The van der Waals surface area contributed by atoms with Gasteiger partial charge in [0.2, 0.25) is 0 Å². The average Bonchev–Trinajstić information content (AvgIpc) is 2.48. The molecule has 0 aliphatic rings. The highest BCUT2D eigenvalue weighted by Crippen LogP contribution is 2.34. The summed E-state index contributed by atoms with van der Waals surface area (Å²) in [6, 6.07) is 13.1. The number of alkyl halides is 3. The summed E-state index contributed by atoms with van der Waals surface area (Å²) in [5.74, 6) is 0. The number of nitrogens with one attached hydrogen (secondary N) is 1. The monoisotopic (exact) mass is 308 g/mol. The van der Waals surface area contributed by atoms with Crippen LogP contribution in [0.3, 0.4) is 0 Å². The molecule has 0 aliphatic carbocycles. The average molecular weight is 308 g/mol. The van der Waals surface area contributed by atoms with Gasteiger partial charge in [0, 0.05) is 12.2 Å². The fourth-order valence-corrected chi connectivity index (χ4v) is 2.07. The number of hydrogen-bond acceptors (Lipinski definition) is 1. The normalized spacial score (nSPS) is 11.1. The summed E-state index contributed by atoms with van der Waals surface area (Å²) < 4.78 is 38.8. The molecule has 0 heterocycles. The summed E-state index contributed by atoms with van der Waals surface area (Å²) in [6.45, 7) is 2.09. The number of halogens is 3. The summed E-state index contributed by atoms with van der Waals surface area (Å²) >= 11 is 0. The number of anilines is 2. The second kappa shape index (κ2) is 6.51. The molecule has 0 atom stereocenters. The van der Waals surface area contributed by atoms with Gasteiger partial charge in [0.25, 0.3) is 0 Å². The maximum atomic E-state index is 12.9. The van der Waals surface area contributed by atoms with E-state index in [1.54, 1.807) is 37.3 Å². The third-order valence-electron chi connectivity index (χ3n) is 3.10. The summed E-state index contributed by atoms with van der Waals surface area (Å²) in [7, 11) is 0. The minimum absolute atomic E-state index is 0.255. The fraction of sp³-hybridized carbons (Fsp3) is 0.188. The first-order valence-corrected chi connectivity index (χ1v) is 6.73. The van der Waals surface area contributed by atoms with E-state index < -0.39 is 17.8 Å². The number of nitrogens with zero attached hydrogens (tertiary/aromatic N) is 1. The summed E-state index contributed by atoms with van der Waals surface area (Å²) in [5.41, 5.74) is -0.506. The number of hydrogen-bond donors (Lipinski definition) is 1. The number of amides is 2. The molecule has 0 radical (unpaired) electrons. The van der Waals surface area contributed by atoms with Crippen molar-refractivity contribution in [2.45, 2.75) is 13.1 Å². The molecule has 1 N–H and O–H groups in total. The molecular weight excluding hydrogens is 293 g/mol. The van der Waals surface area contributed by atoms with Gasteiger partial charge < -0.3 is 5.32 Å². The maximum Gasteiger partial charge on any atom is 0.418 e. The van der Waals surface area contributed by atoms with Crippen LogP contribution in [0.2, 0.25) is 0 Å². The first-order chi connectivity index (χ1) is 10.4. The Hall–Kier alpha value is -2.50. The van der Waals surface area contributed by atoms with E-state index in [0.29, 0.717) is 12.2 Å². The summed E-state index contributed by atoms with van der Waals surface area (Å²) in [5, 5.41) is 2.33. The Morgan fingerprint density at radius 3 is 2.23 bits per heavy atom. The third-order valence-corrected chi connectivity index (χ3v) is 3.10. The lowest BCUT2D eigenvalue weighted by Gasteiger charge is -2.22. The van der Waals surface area contributed by atoms with Crippen molar-refractivity contribution in [3.8, 4) is 0 Å². The lowest BCUT2D eigenvalue weighted by Crippen LogP contribution is -2.35. The molecule has 2 amide bonds. The molecule has 116 valence electrons. The van der Waals surface area contributed by atoms with Crippen LogP contribution >= 0.6 is 0 Å². The van der Waals surface area contributed by atoms with Gasteiger partial charge in [0.1, 0.15) is 0 Å². The van der Waals surface area contributed by atoms with E-state index in [1.165, 1.54) is 23.1 Å². The Morgan fingerprint density at radius 1 is 1.05 bits per heavy atom. The lowest BCUT2D eigenvalue weighted by molar-refractivity contribution is -0.136. The van der Waals surface area contributed by atoms with E-state index in [2.05, 4.69) is 5.32 Å². The molecule has 0 saturated carbocycles. The second-order valence-electron chi connectivity index (χ2n) is 4.55. The quantitative estimate of drug-likeness (QED) is 0.871. The number of urea groups is 1. The predicted molar refractivity (Wildman–Crippen MR) is 79.9 cm³/mol. The summed E-state index contributed by atoms with van der Waals surface area (Å²) in [4.78, 5) is 13.6. The minimum atomic E-state index is -4.52. The standard InChI is InChI=1S/C16H15F3N2O/c1-2-21(12-8-4-3-5-9-12)15(22)20-14-11-7-6-10-13(14)16(17,18)19/h3-11H,2H2,1H3,(H,20,22). The molecular formula is C16H15F3N2O. The Balaban J connectivity index is 2.25. The van der Waals surface area contributed by atoms with Gasteiger partial charge in [-0.05, 0) is 31.2 Å². The zero-order valence-corrected chi connectivity index (χ0v) is 11.9. The second-order valence-corrected chi connectivity index (χ2v) is 4.55. The van der Waals surface area contributed by atoms with E-state index in [9.17, 15) is 18.0 Å². The van der Waals surface area contributed by atoms with Crippen LogP contribution < -0.4 is 10.2 Å². The van der Waals surface area contributed by atoms with Gasteiger partial charge in [-0.1, -0.05) is 30.3 Å². The molecule has 2 aromatic carbocycles. The van der Waals surface area contributed by atoms with Crippen LogP contribution in [0.1, 0.15) is 12.5 Å². The Morgan fingerprint density at radius 2 is 1.64 bits per heavy atom. The Bertz CT molecular complexity index is 641. The van der Waals surface area contributed by atoms with Crippen molar-refractivity contribution < 1.29 is 18.0 Å². The summed E-state index contributed by atoms with van der Waals surface area (Å²) in [6.07, 6.45) is -4.52. The molecule has 2 rings (SSSR count). The number of carbonyl (C=O) groups excluding carboxylic acids is 1. The van der Waals surface area contributed by atoms with Gasteiger partial charge >= 0.3 is 12.2 Å². The van der Waals surface area contributed by atoms with Gasteiger partial charge in [-0.25, -0.2) is 4.79 Å². The molecule has 0 aromatic heterocycles. The van der Waals surface area contributed by atoms with Crippen LogP contribution in [-0.2, 0) is 6.18 Å². The highest BCUT2D eigenvalue weighted by molar-refractivity contribution is 6.02. The SMILES string of the molecule is CCN(C(=O)Nc1ccccc1C(F)(F)F)c1ccccc1. The molecule has 0 aliphatic heterocycles. The lowest BCUT2D eigenvalue weighted by atomic mass is 10.1. The smallest absolute Gasteiger partial charge is 0.307 e. The van der Waals surface area contributed by atoms with Crippen molar-refractivity contribution >= 4 is 17.4 Å². The highest BCUT2D eigenvalue weighted by atomic mass is 19.4. The van der Waals surface area contributed by atoms with Crippen LogP contribution in [0.15, 0.2) is 54.6 Å². The number of rotatable bonds is 3.